The highest BCUT2D eigenvalue weighted by molar-refractivity contribution is 7.98. The Labute approximate surface area is 494 Å². The van der Waals surface area contributed by atoms with Crippen LogP contribution < -0.4 is 54.0 Å². The zero-order valence-electron chi connectivity index (χ0n) is 47.3. The van der Waals surface area contributed by atoms with Crippen LogP contribution in [0, 0.1) is 5.92 Å². The third-order valence-corrected chi connectivity index (χ3v) is 14.6. The van der Waals surface area contributed by atoms with E-state index in [0.717, 1.165) is 0 Å². The number of primary amides is 1. The number of nitrogens with two attached hydrogens (primary N) is 2. The number of H-pyrrole nitrogens is 1. The molecule has 1 aliphatic rings. The van der Waals surface area contributed by atoms with Gasteiger partial charge in [-0.05, 0) is 73.2 Å². The lowest BCUT2D eigenvalue weighted by molar-refractivity contribution is -0.142. The molecular formula is C55H77N13O14S2. The van der Waals surface area contributed by atoms with Gasteiger partial charge in [-0.25, -0.2) is 4.98 Å². The van der Waals surface area contributed by atoms with Gasteiger partial charge < -0.3 is 74.1 Å². The number of benzene rings is 2. The van der Waals surface area contributed by atoms with Crippen LogP contribution in [0.3, 0.4) is 0 Å². The van der Waals surface area contributed by atoms with Gasteiger partial charge in [0.1, 0.15) is 48.3 Å². The molecule has 2 aromatic carbocycles. The summed E-state index contributed by atoms with van der Waals surface area (Å²) in [6.45, 7) is 3.17. The van der Waals surface area contributed by atoms with E-state index in [1.54, 1.807) is 66.9 Å². The summed E-state index contributed by atoms with van der Waals surface area (Å²) in [6.07, 6.45) is 4.91. The predicted octanol–water partition coefficient (Wildman–Crippen LogP) is -1.75. The van der Waals surface area contributed by atoms with Crippen molar-refractivity contribution in [1.29, 1.82) is 0 Å². The van der Waals surface area contributed by atoms with E-state index in [4.69, 9.17) is 16.6 Å². The van der Waals surface area contributed by atoms with Crippen molar-refractivity contribution in [1.82, 2.24) is 57.4 Å². The molecule has 0 radical (unpaired) electrons. The number of nitrogens with zero attached hydrogens (tertiary/aromatic N) is 2. The zero-order chi connectivity index (χ0) is 61.9. The number of amides is 10. The maximum Gasteiger partial charge on any atom is 0.305 e. The first-order chi connectivity index (χ1) is 40.0. The summed E-state index contributed by atoms with van der Waals surface area (Å²) in [5.74, 6) is -10.5. The highest BCUT2D eigenvalue weighted by Crippen LogP contribution is 2.21. The van der Waals surface area contributed by atoms with Crippen LogP contribution in [0.4, 0.5) is 0 Å². The molecule has 2 heterocycles. The number of likely N-dealkylation sites (tertiary alicyclic amines) is 1. The molecule has 15 N–H and O–H groups in total. The summed E-state index contributed by atoms with van der Waals surface area (Å²) in [5.41, 5.74) is 12.7. The minimum absolute atomic E-state index is 0.0166. The van der Waals surface area contributed by atoms with E-state index in [2.05, 4.69) is 52.5 Å². The van der Waals surface area contributed by atoms with Crippen molar-refractivity contribution >= 4 is 94.5 Å². The van der Waals surface area contributed by atoms with E-state index < -0.39 is 145 Å². The number of imidazole rings is 1. The Bertz CT molecular complexity index is 2730. The smallest absolute Gasteiger partial charge is 0.305 e. The molecule has 4 rings (SSSR count). The maximum atomic E-state index is 14.8. The monoisotopic (exact) mass is 1210 g/mol. The van der Waals surface area contributed by atoms with Gasteiger partial charge in [0.05, 0.1) is 31.8 Å². The van der Waals surface area contributed by atoms with Crippen LogP contribution >= 0.6 is 23.5 Å². The van der Waals surface area contributed by atoms with Gasteiger partial charge in [-0.2, -0.15) is 23.5 Å². The van der Waals surface area contributed by atoms with Gasteiger partial charge in [0.2, 0.25) is 59.1 Å². The number of rotatable bonds is 36. The lowest BCUT2D eigenvalue weighted by atomic mass is 10.0. The van der Waals surface area contributed by atoms with Crippen molar-refractivity contribution in [2.24, 2.45) is 17.4 Å². The van der Waals surface area contributed by atoms with Crippen LogP contribution in [0.5, 0.6) is 0 Å². The normalized spacial score (nSPS) is 15.7. The van der Waals surface area contributed by atoms with Crippen LogP contribution in [0.25, 0.3) is 0 Å². The highest BCUT2D eigenvalue weighted by atomic mass is 32.2. The number of thioether (sulfide) groups is 2. The van der Waals surface area contributed by atoms with Gasteiger partial charge in [-0.15, -0.1) is 0 Å². The van der Waals surface area contributed by atoms with Gasteiger partial charge in [-0.1, -0.05) is 74.5 Å². The number of hydrogen-bond acceptors (Lipinski definition) is 16. The molecular weight excluding hydrogens is 1130 g/mol. The number of carboxylic acid groups (broad SMARTS) is 2. The number of aromatic nitrogens is 2. The average molecular weight is 1210 g/mol. The van der Waals surface area contributed by atoms with Crippen LogP contribution in [0.2, 0.25) is 0 Å². The minimum atomic E-state index is -1.89. The fraction of sp³-hybridized carbons (Fsp3) is 0.509. The SMILES string of the molecule is CSCCC(NC(=O)C(CC(C)C)NC(=O)CNC(=O)C1CCCN1C(=O)C(Cc1ccccc1)NC(=O)C(Cc1ccccc1)NC(=O)C(CC(=O)O)NC(=O)C(Cc1cnc[nH]1)NC(=O)C(CCSC)NC(=O)C(N)CC(=O)O)C(N)=O. The molecule has 1 saturated heterocycles. The van der Waals surface area contributed by atoms with Crippen molar-refractivity contribution in [3.63, 3.8) is 0 Å². The molecule has 10 amide bonds. The molecule has 0 spiro atoms. The van der Waals surface area contributed by atoms with E-state index in [1.807, 2.05) is 20.1 Å². The van der Waals surface area contributed by atoms with Gasteiger partial charge >= 0.3 is 11.9 Å². The number of aliphatic carboxylic acids is 2. The molecule has 0 aliphatic carbocycles. The van der Waals surface area contributed by atoms with Crippen molar-refractivity contribution in [3.8, 4) is 0 Å². The van der Waals surface area contributed by atoms with Gasteiger partial charge in [0.25, 0.3) is 0 Å². The van der Waals surface area contributed by atoms with Gasteiger partial charge in [-0.3, -0.25) is 57.5 Å². The second-order valence-electron chi connectivity index (χ2n) is 20.5. The second kappa shape index (κ2) is 35.2. The molecule has 3 aromatic rings. The molecule has 84 heavy (non-hydrogen) atoms. The number of carbonyl (C=O) groups is 12. The van der Waals surface area contributed by atoms with Crippen LogP contribution in [0.15, 0.2) is 73.2 Å². The number of hydrogen-bond donors (Lipinski definition) is 13. The largest absolute Gasteiger partial charge is 0.481 e. The fourth-order valence-electron chi connectivity index (χ4n) is 9.00. The molecule has 9 atom stereocenters. The van der Waals surface area contributed by atoms with Gasteiger partial charge in [0.15, 0.2) is 0 Å². The molecule has 9 unspecified atom stereocenters. The Hall–Kier alpha value is -8.05. The Kier molecular flexibility index (Phi) is 28.7. The lowest BCUT2D eigenvalue weighted by Gasteiger charge is -2.30. The minimum Gasteiger partial charge on any atom is -0.481 e. The summed E-state index contributed by atoms with van der Waals surface area (Å²) < 4.78 is 0. The topological polar surface area (TPSA) is 425 Å². The standard InChI is InChI=1S/C55H77N13O14S2/c1-31(2)22-38(50(77)62-36(47(57)74)17-20-83-3)61-44(69)29-59-54(81)43-16-11-19-68(43)55(82)42(24-33-14-9-6-10-15-33)67-51(78)39(23-32-12-7-5-8-13-32)64-53(80)41(27-46(72)73)66-52(79)40(25-34-28-58-30-60-34)65-49(76)37(18-21-84-4)63-48(75)35(56)26-45(70)71/h5-10,12-15,28,30-31,35-43H,11,16-27,29,56H2,1-4H3,(H2,57,74)(H,58,60)(H,59,81)(H,61,69)(H,62,77)(H,63,75)(H,64,80)(H,65,76)(H,66,79)(H,67,78)(H,70,71)(H,72,73). The van der Waals surface area contributed by atoms with Crippen molar-refractivity contribution in [3.05, 3.63) is 90.0 Å². The Morgan fingerprint density at radius 2 is 1.12 bits per heavy atom. The van der Waals surface area contributed by atoms with Gasteiger partial charge in [0, 0.05) is 37.7 Å². The third kappa shape index (κ3) is 23.3. The number of carboxylic acids is 2. The molecule has 1 aromatic heterocycles. The molecule has 29 heteroatoms. The van der Waals surface area contributed by atoms with Crippen LogP contribution in [-0.2, 0) is 76.8 Å². The van der Waals surface area contributed by atoms with E-state index in [-0.39, 0.29) is 57.4 Å². The van der Waals surface area contributed by atoms with E-state index in [1.165, 1.54) is 40.9 Å². The summed E-state index contributed by atoms with van der Waals surface area (Å²) in [6, 6.07) is 4.66. The van der Waals surface area contributed by atoms with E-state index in [9.17, 15) is 62.6 Å². The maximum absolute atomic E-state index is 14.8. The average Bonchev–Trinajstić information content (AvgIpc) is 4.37. The Morgan fingerprint density at radius 1 is 0.631 bits per heavy atom. The van der Waals surface area contributed by atoms with E-state index >= 15 is 0 Å². The second-order valence-corrected chi connectivity index (χ2v) is 22.4. The first-order valence-corrected chi connectivity index (χ1v) is 30.0. The zero-order valence-corrected chi connectivity index (χ0v) is 48.9. The summed E-state index contributed by atoms with van der Waals surface area (Å²) in [7, 11) is 0. The molecule has 0 saturated carbocycles. The van der Waals surface area contributed by atoms with E-state index in [0.29, 0.717) is 34.7 Å². The van der Waals surface area contributed by atoms with Crippen molar-refractivity contribution in [2.75, 3.05) is 37.1 Å². The molecule has 1 fully saturated rings. The summed E-state index contributed by atoms with van der Waals surface area (Å²) in [4.78, 5) is 169. The van der Waals surface area contributed by atoms with Crippen molar-refractivity contribution < 1.29 is 67.7 Å². The molecule has 1 aliphatic heterocycles. The molecule has 0 bridgehead atoms. The number of nitrogens with one attached hydrogen (secondary N) is 9. The summed E-state index contributed by atoms with van der Waals surface area (Å²) in [5, 5.41) is 39.7. The molecule has 458 valence electrons. The third-order valence-electron chi connectivity index (χ3n) is 13.3. The first kappa shape index (κ1) is 68.4. The van der Waals surface area contributed by atoms with Crippen LogP contribution in [0.1, 0.15) is 75.6 Å². The van der Waals surface area contributed by atoms with Crippen LogP contribution in [-0.4, -0.2) is 188 Å². The fourth-order valence-corrected chi connectivity index (χ4v) is 9.94. The predicted molar refractivity (Wildman–Crippen MR) is 311 cm³/mol. The van der Waals surface area contributed by atoms with Crippen molar-refractivity contribution in [2.45, 2.75) is 132 Å². The quantitative estimate of drug-likeness (QED) is 0.0307. The highest BCUT2D eigenvalue weighted by Gasteiger charge is 2.40. The first-order valence-electron chi connectivity index (χ1n) is 27.2. The number of aromatic amines is 1. The lowest BCUT2D eigenvalue weighted by Crippen LogP contribution is -2.61. The Morgan fingerprint density at radius 3 is 1.65 bits per heavy atom. The number of carbonyl (C=O) groups excluding carboxylic acids is 10. The Balaban J connectivity index is 1.58. The molecule has 27 nitrogen and oxygen atoms in total. The summed E-state index contributed by atoms with van der Waals surface area (Å²) >= 11 is 2.79.